The molecule has 2 amide bonds. The molecule has 1 aliphatic rings. The standard InChI is InChI=1S/C27H34Cl2N2O3/c1-18(26(33)30-19-10-5-6-11-19)31(16-20-22(28)13-9-14-23(20)29)25(32)17-34-24-15-8-7-12-21(24)27(2,3)4/h7-9,12-15,18-19H,5-6,10-11,16-17H2,1-4H3,(H,30,33)/t18-/m1/s1. The Kier molecular flexibility index (Phi) is 8.89. The van der Waals surface area contributed by atoms with E-state index >= 15 is 0 Å². The summed E-state index contributed by atoms with van der Waals surface area (Å²) in [6.07, 6.45) is 4.15. The van der Waals surface area contributed by atoms with Crippen molar-refractivity contribution in [2.45, 2.75) is 77.4 Å². The van der Waals surface area contributed by atoms with Gasteiger partial charge in [0.05, 0.1) is 0 Å². The molecule has 1 aliphatic carbocycles. The van der Waals surface area contributed by atoms with Crippen molar-refractivity contribution in [1.82, 2.24) is 10.2 Å². The summed E-state index contributed by atoms with van der Waals surface area (Å²) in [7, 11) is 0. The average Bonchev–Trinajstić information content (AvgIpc) is 3.29. The molecule has 0 saturated heterocycles. The van der Waals surface area contributed by atoms with E-state index in [9.17, 15) is 9.59 Å². The van der Waals surface area contributed by atoms with E-state index in [1.165, 1.54) is 4.90 Å². The van der Waals surface area contributed by atoms with Gasteiger partial charge in [-0.2, -0.15) is 0 Å². The maximum Gasteiger partial charge on any atom is 0.261 e. The number of rotatable bonds is 8. The Morgan fingerprint density at radius 2 is 1.68 bits per heavy atom. The van der Waals surface area contributed by atoms with E-state index < -0.39 is 6.04 Å². The van der Waals surface area contributed by atoms with Crippen LogP contribution < -0.4 is 10.1 Å². The fourth-order valence-electron chi connectivity index (χ4n) is 4.26. The number of nitrogens with zero attached hydrogens (tertiary/aromatic N) is 1. The molecule has 184 valence electrons. The van der Waals surface area contributed by atoms with Crippen LogP contribution in [0.5, 0.6) is 5.75 Å². The molecule has 0 radical (unpaired) electrons. The van der Waals surface area contributed by atoms with Gasteiger partial charge in [0.25, 0.3) is 5.91 Å². The number of benzene rings is 2. The molecule has 1 atom stereocenters. The van der Waals surface area contributed by atoms with Crippen molar-refractivity contribution >= 4 is 35.0 Å². The Morgan fingerprint density at radius 1 is 1.06 bits per heavy atom. The first-order valence-electron chi connectivity index (χ1n) is 11.8. The lowest BCUT2D eigenvalue weighted by atomic mass is 9.86. The molecule has 0 unspecified atom stereocenters. The van der Waals surface area contributed by atoms with Crippen molar-refractivity contribution in [3.63, 3.8) is 0 Å². The van der Waals surface area contributed by atoms with Crippen LogP contribution in [0.4, 0.5) is 0 Å². The van der Waals surface area contributed by atoms with Crippen LogP contribution in [0.3, 0.4) is 0 Å². The Balaban J connectivity index is 1.81. The van der Waals surface area contributed by atoms with Gasteiger partial charge < -0.3 is 15.0 Å². The lowest BCUT2D eigenvalue weighted by Gasteiger charge is -2.30. The highest BCUT2D eigenvalue weighted by Gasteiger charge is 2.30. The molecular weight excluding hydrogens is 471 g/mol. The molecule has 0 aliphatic heterocycles. The summed E-state index contributed by atoms with van der Waals surface area (Å²) in [5.74, 6) is 0.162. The Hall–Kier alpha value is -2.24. The van der Waals surface area contributed by atoms with Gasteiger partial charge in [-0.3, -0.25) is 9.59 Å². The van der Waals surface area contributed by atoms with Crippen molar-refractivity contribution in [3.8, 4) is 5.75 Å². The molecule has 1 saturated carbocycles. The second-order valence-electron chi connectivity index (χ2n) is 9.92. The van der Waals surface area contributed by atoms with E-state index in [-0.39, 0.29) is 36.4 Å². The van der Waals surface area contributed by atoms with Crippen LogP contribution in [0, 0.1) is 0 Å². The first-order valence-corrected chi connectivity index (χ1v) is 12.6. The molecule has 0 heterocycles. The van der Waals surface area contributed by atoms with E-state index in [0.29, 0.717) is 21.4 Å². The molecule has 1 fully saturated rings. The molecule has 7 heteroatoms. The number of ether oxygens (including phenoxy) is 1. The normalized spacial score (nSPS) is 15.1. The van der Waals surface area contributed by atoms with Gasteiger partial charge in [-0.25, -0.2) is 0 Å². The van der Waals surface area contributed by atoms with Gasteiger partial charge >= 0.3 is 0 Å². The number of nitrogens with one attached hydrogen (secondary N) is 1. The van der Waals surface area contributed by atoms with Crippen LogP contribution in [0.15, 0.2) is 42.5 Å². The van der Waals surface area contributed by atoms with Crippen LogP contribution in [0.2, 0.25) is 10.0 Å². The number of hydrogen-bond acceptors (Lipinski definition) is 3. The van der Waals surface area contributed by atoms with Crippen molar-refractivity contribution < 1.29 is 14.3 Å². The van der Waals surface area contributed by atoms with Crippen LogP contribution in [0.25, 0.3) is 0 Å². The minimum absolute atomic E-state index is 0.112. The number of carbonyl (C=O) groups excluding carboxylic acids is 2. The molecule has 2 aromatic carbocycles. The number of hydrogen-bond donors (Lipinski definition) is 1. The molecule has 0 bridgehead atoms. The Morgan fingerprint density at radius 3 is 2.29 bits per heavy atom. The van der Waals surface area contributed by atoms with Crippen LogP contribution in [0.1, 0.15) is 64.5 Å². The summed E-state index contributed by atoms with van der Waals surface area (Å²) in [6.45, 7) is 7.93. The Bertz CT molecular complexity index is 993. The van der Waals surface area contributed by atoms with Crippen molar-refractivity contribution in [1.29, 1.82) is 0 Å². The van der Waals surface area contributed by atoms with E-state index in [4.69, 9.17) is 27.9 Å². The smallest absolute Gasteiger partial charge is 0.261 e. The van der Waals surface area contributed by atoms with Gasteiger partial charge in [0, 0.05) is 28.2 Å². The predicted molar refractivity (Wildman–Crippen MR) is 138 cm³/mol. The molecule has 0 aromatic heterocycles. The summed E-state index contributed by atoms with van der Waals surface area (Å²) in [6, 6.07) is 12.4. The molecular formula is C27H34Cl2N2O3. The molecule has 0 spiro atoms. The van der Waals surface area contributed by atoms with Gasteiger partial charge in [-0.1, -0.05) is 81.1 Å². The van der Waals surface area contributed by atoms with Gasteiger partial charge in [0.1, 0.15) is 11.8 Å². The minimum Gasteiger partial charge on any atom is -0.483 e. The van der Waals surface area contributed by atoms with E-state index in [1.54, 1.807) is 25.1 Å². The average molecular weight is 505 g/mol. The number of amides is 2. The van der Waals surface area contributed by atoms with Crippen LogP contribution in [-0.4, -0.2) is 35.4 Å². The summed E-state index contributed by atoms with van der Waals surface area (Å²) < 4.78 is 5.98. The maximum atomic E-state index is 13.4. The van der Waals surface area contributed by atoms with Crippen molar-refractivity contribution in [2.75, 3.05) is 6.61 Å². The van der Waals surface area contributed by atoms with Crippen LogP contribution in [-0.2, 0) is 21.5 Å². The highest BCUT2D eigenvalue weighted by Crippen LogP contribution is 2.31. The molecule has 3 rings (SSSR count). The fraction of sp³-hybridized carbons (Fsp3) is 0.481. The first kappa shape index (κ1) is 26.4. The molecule has 34 heavy (non-hydrogen) atoms. The predicted octanol–water partition coefficient (Wildman–Crippen LogP) is 6.15. The van der Waals surface area contributed by atoms with Gasteiger partial charge in [0.2, 0.25) is 5.91 Å². The minimum atomic E-state index is -0.707. The largest absolute Gasteiger partial charge is 0.483 e. The van der Waals surface area contributed by atoms with Gasteiger partial charge in [-0.05, 0) is 48.9 Å². The number of para-hydroxylation sites is 1. The second-order valence-corrected chi connectivity index (χ2v) is 10.7. The number of carbonyl (C=O) groups is 2. The zero-order valence-corrected chi connectivity index (χ0v) is 21.9. The second kappa shape index (κ2) is 11.5. The zero-order chi connectivity index (χ0) is 24.9. The van der Waals surface area contributed by atoms with E-state index in [2.05, 4.69) is 26.1 Å². The van der Waals surface area contributed by atoms with Gasteiger partial charge in [-0.15, -0.1) is 0 Å². The van der Waals surface area contributed by atoms with E-state index in [0.717, 1.165) is 31.2 Å². The SMILES string of the molecule is C[C@H](C(=O)NC1CCCC1)N(Cc1c(Cl)cccc1Cl)C(=O)COc1ccccc1C(C)(C)C. The summed E-state index contributed by atoms with van der Waals surface area (Å²) in [4.78, 5) is 28.0. The first-order chi connectivity index (χ1) is 16.1. The summed E-state index contributed by atoms with van der Waals surface area (Å²) in [5.41, 5.74) is 1.48. The van der Waals surface area contributed by atoms with Crippen LogP contribution >= 0.6 is 23.2 Å². The Labute approximate surface area is 212 Å². The molecule has 2 aromatic rings. The lowest BCUT2D eigenvalue weighted by Crippen LogP contribution is -2.50. The topological polar surface area (TPSA) is 58.6 Å². The highest BCUT2D eigenvalue weighted by atomic mass is 35.5. The number of halogens is 2. The zero-order valence-electron chi connectivity index (χ0n) is 20.4. The fourth-order valence-corrected chi connectivity index (χ4v) is 4.78. The lowest BCUT2D eigenvalue weighted by molar-refractivity contribution is -0.142. The summed E-state index contributed by atoms with van der Waals surface area (Å²) in [5, 5.41) is 4.00. The quantitative estimate of drug-likeness (QED) is 0.469. The van der Waals surface area contributed by atoms with E-state index in [1.807, 2.05) is 24.3 Å². The third-order valence-electron chi connectivity index (χ3n) is 6.31. The maximum absolute atomic E-state index is 13.4. The third-order valence-corrected chi connectivity index (χ3v) is 7.01. The third kappa shape index (κ3) is 6.67. The highest BCUT2D eigenvalue weighted by molar-refractivity contribution is 6.36. The molecule has 5 nitrogen and oxygen atoms in total. The summed E-state index contributed by atoms with van der Waals surface area (Å²) >= 11 is 12.8. The molecule has 1 N–H and O–H groups in total. The monoisotopic (exact) mass is 504 g/mol. The van der Waals surface area contributed by atoms with Crippen molar-refractivity contribution in [2.24, 2.45) is 0 Å². The van der Waals surface area contributed by atoms with Gasteiger partial charge in [0.15, 0.2) is 6.61 Å². The van der Waals surface area contributed by atoms with Crippen molar-refractivity contribution in [3.05, 3.63) is 63.6 Å².